The first-order chi connectivity index (χ1) is 19.6. The van der Waals surface area contributed by atoms with Crippen LogP contribution in [0.2, 0.25) is 0 Å². The maximum absolute atomic E-state index is 14.2. The van der Waals surface area contributed by atoms with Crippen molar-refractivity contribution in [2.24, 2.45) is 0 Å². The predicted molar refractivity (Wildman–Crippen MR) is 157 cm³/mol. The maximum atomic E-state index is 14.2. The quantitative estimate of drug-likeness (QED) is 0.356. The summed E-state index contributed by atoms with van der Waals surface area (Å²) in [7, 11) is 1.85. The summed E-state index contributed by atoms with van der Waals surface area (Å²) in [4.78, 5) is 18.3. The number of fused-ring (bicyclic) bond motifs is 3. The summed E-state index contributed by atoms with van der Waals surface area (Å²) in [6, 6.07) is 37.0. The number of nitrogens with one attached hydrogen (secondary N) is 1. The van der Waals surface area contributed by atoms with Gasteiger partial charge in [-0.2, -0.15) is 0 Å². The van der Waals surface area contributed by atoms with Gasteiger partial charge >= 0.3 is 0 Å². The van der Waals surface area contributed by atoms with Gasteiger partial charge in [0.05, 0.1) is 30.0 Å². The summed E-state index contributed by atoms with van der Waals surface area (Å²) in [5.74, 6) is 0.684. The predicted octanol–water partition coefficient (Wildman–Crippen LogP) is 4.97. The minimum absolute atomic E-state index is 0.0330. The van der Waals surface area contributed by atoms with Crippen LogP contribution in [0.15, 0.2) is 109 Å². The number of carbonyl (C=O) groups is 1. The van der Waals surface area contributed by atoms with Crippen LogP contribution in [-0.4, -0.2) is 50.9 Å². The number of anilines is 2. The smallest absolute Gasteiger partial charge is 0.247 e. The monoisotopic (exact) mass is 531 g/mol. The number of hydrogen-bond donors (Lipinski definition) is 1. The minimum Gasteiger partial charge on any atom is -0.489 e. The molecule has 3 heterocycles. The van der Waals surface area contributed by atoms with Crippen LogP contribution in [0.5, 0.6) is 5.75 Å². The van der Waals surface area contributed by atoms with Crippen LogP contribution in [-0.2, 0) is 15.1 Å². The molecule has 3 aliphatic heterocycles. The van der Waals surface area contributed by atoms with E-state index in [1.165, 1.54) is 0 Å². The van der Waals surface area contributed by atoms with Crippen molar-refractivity contribution in [3.8, 4) is 5.75 Å². The third-order valence-corrected chi connectivity index (χ3v) is 8.58. The van der Waals surface area contributed by atoms with E-state index >= 15 is 0 Å². The molecule has 2 fully saturated rings. The Morgan fingerprint density at radius 2 is 1.40 bits per heavy atom. The number of hydrogen-bond acceptors (Lipinski definition) is 5. The van der Waals surface area contributed by atoms with E-state index in [9.17, 15) is 4.79 Å². The van der Waals surface area contributed by atoms with Gasteiger partial charge in [0.2, 0.25) is 5.91 Å². The van der Waals surface area contributed by atoms with Crippen LogP contribution in [0.1, 0.15) is 23.1 Å². The Morgan fingerprint density at radius 1 is 0.800 bits per heavy atom. The zero-order valence-electron chi connectivity index (χ0n) is 22.6. The number of nitrogens with zero attached hydrogens (tertiary/aromatic N) is 2. The molecule has 40 heavy (non-hydrogen) atoms. The fraction of sp³-hybridized carbons (Fsp3) is 0.265. The number of likely N-dealkylation sites (N-methyl/N-ethyl adjacent to an activating group) is 1. The number of rotatable bonds is 6. The van der Waals surface area contributed by atoms with Gasteiger partial charge < -0.3 is 19.3 Å². The highest BCUT2D eigenvalue weighted by molar-refractivity contribution is 5.99. The van der Waals surface area contributed by atoms with E-state index in [1.807, 2.05) is 67.7 Å². The molecule has 0 radical (unpaired) electrons. The van der Waals surface area contributed by atoms with Gasteiger partial charge in [-0.3, -0.25) is 10.1 Å². The highest BCUT2D eigenvalue weighted by atomic mass is 16.5. The Morgan fingerprint density at radius 3 is 1.93 bits per heavy atom. The molecule has 1 amide bonds. The molecule has 1 N–H and O–H groups in total. The largest absolute Gasteiger partial charge is 0.489 e. The van der Waals surface area contributed by atoms with Gasteiger partial charge in [-0.15, -0.1) is 0 Å². The first-order valence-electron chi connectivity index (χ1n) is 14.0. The van der Waals surface area contributed by atoms with Gasteiger partial charge in [-0.05, 0) is 41.3 Å². The lowest BCUT2D eigenvalue weighted by atomic mass is 9.76. The van der Waals surface area contributed by atoms with E-state index in [1.54, 1.807) is 4.90 Å². The van der Waals surface area contributed by atoms with Gasteiger partial charge in [-0.1, -0.05) is 91.0 Å². The maximum Gasteiger partial charge on any atom is 0.247 e. The van der Waals surface area contributed by atoms with Gasteiger partial charge in [0.15, 0.2) is 0 Å². The number of carbonyl (C=O) groups excluding carboxylic acids is 1. The average molecular weight is 532 g/mol. The van der Waals surface area contributed by atoms with Crippen molar-refractivity contribution in [3.63, 3.8) is 0 Å². The molecule has 3 atom stereocenters. The fourth-order valence-electron chi connectivity index (χ4n) is 6.56. The van der Waals surface area contributed by atoms with E-state index in [4.69, 9.17) is 9.47 Å². The van der Waals surface area contributed by atoms with Crippen molar-refractivity contribution in [3.05, 3.63) is 126 Å². The SMILES string of the molecule is CN1C(=O)[C@@H](NC(c2ccccc2)(c2ccccc2)c2ccccc2)COc2ccc(N3C[C@@H]4C[C@H]3CO4)cc21. The summed E-state index contributed by atoms with van der Waals surface area (Å²) in [6.07, 6.45) is 1.37. The molecule has 3 aliphatic rings. The van der Waals surface area contributed by atoms with E-state index < -0.39 is 11.6 Å². The molecular formula is C34H33N3O3. The van der Waals surface area contributed by atoms with Crippen molar-refractivity contribution >= 4 is 17.3 Å². The number of morpholine rings is 1. The second-order valence-corrected chi connectivity index (χ2v) is 10.9. The second kappa shape index (κ2) is 10.1. The van der Waals surface area contributed by atoms with Gasteiger partial charge in [0.25, 0.3) is 0 Å². The van der Waals surface area contributed by atoms with E-state index in [0.29, 0.717) is 17.9 Å². The van der Waals surface area contributed by atoms with Crippen LogP contribution in [0.25, 0.3) is 0 Å². The molecular weight excluding hydrogens is 498 g/mol. The lowest BCUT2D eigenvalue weighted by molar-refractivity contribution is -0.121. The molecule has 0 unspecified atom stereocenters. The second-order valence-electron chi connectivity index (χ2n) is 10.9. The van der Waals surface area contributed by atoms with Crippen molar-refractivity contribution in [2.75, 3.05) is 36.6 Å². The minimum atomic E-state index is -0.773. The summed E-state index contributed by atoms with van der Waals surface area (Å²) in [6.45, 7) is 1.87. The Balaban J connectivity index is 1.27. The lowest BCUT2D eigenvalue weighted by Crippen LogP contribution is -2.56. The summed E-state index contributed by atoms with van der Waals surface area (Å²) < 4.78 is 12.2. The third-order valence-electron chi connectivity index (χ3n) is 8.58. The molecule has 0 aliphatic carbocycles. The summed E-state index contributed by atoms with van der Waals surface area (Å²) in [5.41, 5.74) is 4.29. The fourth-order valence-corrected chi connectivity index (χ4v) is 6.56. The molecule has 2 saturated heterocycles. The Hall–Kier alpha value is -4.13. The van der Waals surface area contributed by atoms with Crippen LogP contribution in [0.4, 0.5) is 11.4 Å². The first kappa shape index (κ1) is 24.9. The molecule has 0 saturated carbocycles. The highest BCUT2D eigenvalue weighted by Gasteiger charge is 2.43. The van der Waals surface area contributed by atoms with Crippen LogP contribution in [0, 0.1) is 0 Å². The van der Waals surface area contributed by atoms with E-state index in [2.05, 4.69) is 58.7 Å². The van der Waals surface area contributed by atoms with E-state index in [0.717, 1.165) is 47.6 Å². The van der Waals surface area contributed by atoms with E-state index in [-0.39, 0.29) is 12.5 Å². The molecule has 6 heteroatoms. The van der Waals surface area contributed by atoms with Crippen molar-refractivity contribution in [1.29, 1.82) is 0 Å². The summed E-state index contributed by atoms with van der Waals surface area (Å²) >= 11 is 0. The standard InChI is InChI=1S/C34H33N3O3/c1-36-31-20-27(37-21-29-19-28(37)22-39-29)17-18-32(31)40-23-30(33(36)38)35-34(24-11-5-2-6-12-24,25-13-7-3-8-14-25)26-15-9-4-10-16-26/h2-18,20,28-30,35H,19,21-23H2,1H3/t28-,29-,30-/m0/s1. The van der Waals surface area contributed by atoms with Gasteiger partial charge in [0.1, 0.15) is 18.4 Å². The molecule has 6 nitrogen and oxygen atoms in total. The number of amides is 1. The Kier molecular flexibility index (Phi) is 6.29. The van der Waals surface area contributed by atoms with Crippen LogP contribution in [0.3, 0.4) is 0 Å². The van der Waals surface area contributed by atoms with Gasteiger partial charge in [-0.25, -0.2) is 0 Å². The molecule has 0 spiro atoms. The number of ether oxygens (including phenoxy) is 2. The Bertz CT molecular complexity index is 1400. The third kappa shape index (κ3) is 4.15. The zero-order valence-corrected chi connectivity index (χ0v) is 22.6. The zero-order chi connectivity index (χ0) is 27.1. The molecule has 2 bridgehead atoms. The molecule has 202 valence electrons. The average Bonchev–Trinajstić information content (AvgIpc) is 3.64. The number of benzene rings is 4. The van der Waals surface area contributed by atoms with Crippen molar-refractivity contribution < 1.29 is 14.3 Å². The molecule has 4 aromatic carbocycles. The lowest BCUT2D eigenvalue weighted by Gasteiger charge is -2.39. The molecule has 4 aromatic rings. The van der Waals surface area contributed by atoms with Crippen molar-refractivity contribution in [2.45, 2.75) is 30.1 Å². The van der Waals surface area contributed by atoms with Crippen LogP contribution >= 0.6 is 0 Å². The first-order valence-corrected chi connectivity index (χ1v) is 14.0. The van der Waals surface area contributed by atoms with Crippen molar-refractivity contribution in [1.82, 2.24) is 5.32 Å². The highest BCUT2D eigenvalue weighted by Crippen LogP contribution is 2.41. The topological polar surface area (TPSA) is 54.0 Å². The molecule has 0 aromatic heterocycles. The molecule has 7 rings (SSSR count). The normalized spacial score (nSPS) is 22.1. The van der Waals surface area contributed by atoms with Crippen LogP contribution < -0.4 is 19.9 Å². The Labute approximate surface area is 235 Å². The summed E-state index contributed by atoms with van der Waals surface area (Å²) in [5, 5.41) is 3.82. The van der Waals surface area contributed by atoms with Gasteiger partial charge in [0, 0.05) is 19.3 Å².